The Morgan fingerprint density at radius 1 is 1.24 bits per heavy atom. The first kappa shape index (κ1) is 13.2. The van der Waals surface area contributed by atoms with Crippen LogP contribution in [0.3, 0.4) is 0 Å². The van der Waals surface area contributed by atoms with Gasteiger partial charge >= 0.3 is 11.9 Å². The number of hydrogen-bond donors (Lipinski definition) is 1. The second-order valence-corrected chi connectivity index (χ2v) is 4.89. The highest BCUT2D eigenvalue weighted by Gasteiger charge is 2.26. The zero-order valence-electron chi connectivity index (χ0n) is 10.4. The van der Waals surface area contributed by atoms with Gasteiger partial charge in [0.05, 0.1) is 5.41 Å². The Morgan fingerprint density at radius 2 is 1.82 bits per heavy atom. The summed E-state index contributed by atoms with van der Waals surface area (Å²) in [7, 11) is 0. The molecule has 0 aromatic heterocycles. The lowest BCUT2D eigenvalue weighted by molar-refractivity contribution is -0.143. The maximum absolute atomic E-state index is 11.7. The Kier molecular flexibility index (Phi) is 3.56. The third kappa shape index (κ3) is 3.06. The van der Waals surface area contributed by atoms with E-state index in [1.54, 1.807) is 39.8 Å². The first-order chi connectivity index (χ1) is 7.73. The molecule has 0 heterocycles. The first-order valence-corrected chi connectivity index (χ1v) is 5.28. The predicted octanol–water partition coefficient (Wildman–Crippen LogP) is 2.64. The minimum absolute atomic E-state index is 0.0325. The quantitative estimate of drug-likeness (QED) is 0.633. The minimum atomic E-state index is -1.10. The van der Waals surface area contributed by atoms with E-state index in [-0.39, 0.29) is 11.3 Å². The van der Waals surface area contributed by atoms with Crippen LogP contribution in [0.5, 0.6) is 5.75 Å². The normalized spacial score (nSPS) is 11.1. The number of aromatic carboxylic acids is 1. The molecule has 0 aliphatic heterocycles. The van der Waals surface area contributed by atoms with Gasteiger partial charge in [0.1, 0.15) is 11.3 Å². The number of esters is 1. The van der Waals surface area contributed by atoms with Crippen LogP contribution in [0.15, 0.2) is 18.2 Å². The summed E-state index contributed by atoms with van der Waals surface area (Å²) < 4.78 is 5.13. The molecule has 0 saturated heterocycles. The van der Waals surface area contributed by atoms with Crippen LogP contribution in [0.1, 0.15) is 36.7 Å². The van der Waals surface area contributed by atoms with Crippen molar-refractivity contribution in [1.82, 2.24) is 0 Å². The Labute approximate surface area is 100 Å². The van der Waals surface area contributed by atoms with E-state index in [1.165, 1.54) is 6.07 Å². The average molecular weight is 236 g/mol. The summed E-state index contributed by atoms with van der Waals surface area (Å²) >= 11 is 0. The molecule has 0 atom stereocenters. The van der Waals surface area contributed by atoms with Crippen LogP contribution in [-0.4, -0.2) is 17.0 Å². The topological polar surface area (TPSA) is 63.6 Å². The highest BCUT2D eigenvalue weighted by atomic mass is 16.5. The maximum Gasteiger partial charge on any atom is 0.339 e. The third-order valence-electron chi connectivity index (χ3n) is 2.26. The standard InChI is InChI=1S/C13H16O4/c1-8-6-5-7-9(10(8)11(14)15)17-12(16)13(2,3)4/h5-7H,1-4H3,(H,14,15). The van der Waals surface area contributed by atoms with E-state index in [2.05, 4.69) is 0 Å². The Bertz CT molecular complexity index is 455. The summed E-state index contributed by atoms with van der Waals surface area (Å²) in [5.41, 5.74) is -0.0682. The summed E-state index contributed by atoms with van der Waals surface area (Å²) in [6, 6.07) is 4.81. The van der Waals surface area contributed by atoms with E-state index >= 15 is 0 Å². The summed E-state index contributed by atoms with van der Waals surface area (Å²) in [5.74, 6) is -1.46. The molecular formula is C13H16O4. The van der Waals surface area contributed by atoms with Gasteiger partial charge in [-0.25, -0.2) is 4.79 Å². The SMILES string of the molecule is Cc1cccc(OC(=O)C(C)(C)C)c1C(=O)O. The maximum atomic E-state index is 11.7. The van der Waals surface area contributed by atoms with E-state index in [0.29, 0.717) is 5.56 Å². The van der Waals surface area contributed by atoms with Gasteiger partial charge in [0.2, 0.25) is 0 Å². The highest BCUT2D eigenvalue weighted by molar-refractivity contribution is 5.93. The summed E-state index contributed by atoms with van der Waals surface area (Å²) in [6.45, 7) is 6.81. The van der Waals surface area contributed by atoms with Gasteiger partial charge in [-0.05, 0) is 39.3 Å². The summed E-state index contributed by atoms with van der Waals surface area (Å²) in [4.78, 5) is 22.8. The van der Waals surface area contributed by atoms with Crippen LogP contribution < -0.4 is 4.74 Å². The van der Waals surface area contributed by atoms with Gasteiger partial charge in [0, 0.05) is 0 Å². The van der Waals surface area contributed by atoms with Crippen molar-refractivity contribution in [2.24, 2.45) is 5.41 Å². The van der Waals surface area contributed by atoms with Crippen LogP contribution in [0, 0.1) is 12.3 Å². The van der Waals surface area contributed by atoms with E-state index in [1.807, 2.05) is 0 Å². The van der Waals surface area contributed by atoms with Gasteiger partial charge in [-0.3, -0.25) is 4.79 Å². The smallest absolute Gasteiger partial charge is 0.339 e. The van der Waals surface area contributed by atoms with Gasteiger partial charge < -0.3 is 9.84 Å². The number of hydrogen-bond acceptors (Lipinski definition) is 3. The fourth-order valence-corrected chi connectivity index (χ4v) is 1.25. The molecule has 0 aliphatic carbocycles. The number of ether oxygens (including phenoxy) is 1. The molecule has 1 rings (SSSR count). The first-order valence-electron chi connectivity index (χ1n) is 5.28. The monoisotopic (exact) mass is 236 g/mol. The van der Waals surface area contributed by atoms with E-state index < -0.39 is 17.4 Å². The van der Waals surface area contributed by atoms with Crippen LogP contribution in [0.4, 0.5) is 0 Å². The van der Waals surface area contributed by atoms with E-state index in [0.717, 1.165) is 0 Å². The van der Waals surface area contributed by atoms with Crippen molar-refractivity contribution in [2.75, 3.05) is 0 Å². The van der Waals surface area contributed by atoms with Crippen molar-refractivity contribution < 1.29 is 19.4 Å². The van der Waals surface area contributed by atoms with Crippen molar-refractivity contribution in [2.45, 2.75) is 27.7 Å². The lowest BCUT2D eigenvalue weighted by Crippen LogP contribution is -2.26. The van der Waals surface area contributed by atoms with Crippen molar-refractivity contribution >= 4 is 11.9 Å². The Morgan fingerprint density at radius 3 is 2.29 bits per heavy atom. The second-order valence-electron chi connectivity index (χ2n) is 4.89. The molecule has 0 fully saturated rings. The number of carboxylic acid groups (broad SMARTS) is 1. The van der Waals surface area contributed by atoms with Crippen LogP contribution >= 0.6 is 0 Å². The van der Waals surface area contributed by atoms with Gasteiger partial charge in [-0.15, -0.1) is 0 Å². The van der Waals surface area contributed by atoms with Crippen LogP contribution in [0.25, 0.3) is 0 Å². The predicted molar refractivity (Wildman–Crippen MR) is 63.2 cm³/mol. The summed E-state index contributed by atoms with van der Waals surface area (Å²) in [5, 5.41) is 9.07. The molecule has 0 spiro atoms. The molecule has 0 bridgehead atoms. The fourth-order valence-electron chi connectivity index (χ4n) is 1.25. The highest BCUT2D eigenvalue weighted by Crippen LogP contribution is 2.25. The lowest BCUT2D eigenvalue weighted by Gasteiger charge is -2.17. The molecule has 0 aliphatic rings. The molecule has 1 N–H and O–H groups in total. The fraction of sp³-hybridized carbons (Fsp3) is 0.385. The Balaban J connectivity index is 3.12. The molecular weight excluding hydrogens is 220 g/mol. The zero-order valence-corrected chi connectivity index (χ0v) is 10.4. The molecule has 0 unspecified atom stereocenters. The number of rotatable bonds is 2. The number of carbonyl (C=O) groups is 2. The minimum Gasteiger partial charge on any atom is -0.478 e. The molecule has 92 valence electrons. The van der Waals surface area contributed by atoms with E-state index in [4.69, 9.17) is 9.84 Å². The molecule has 0 saturated carbocycles. The molecule has 0 radical (unpaired) electrons. The van der Waals surface area contributed by atoms with Gasteiger partial charge in [0.25, 0.3) is 0 Å². The number of aryl methyl sites for hydroxylation is 1. The van der Waals surface area contributed by atoms with E-state index in [9.17, 15) is 9.59 Å². The molecule has 1 aromatic carbocycles. The number of benzene rings is 1. The number of carbonyl (C=O) groups excluding carboxylic acids is 1. The van der Waals surface area contributed by atoms with Gasteiger partial charge in [-0.2, -0.15) is 0 Å². The molecule has 4 heteroatoms. The second kappa shape index (κ2) is 4.57. The lowest BCUT2D eigenvalue weighted by atomic mass is 9.97. The van der Waals surface area contributed by atoms with Crippen molar-refractivity contribution in [3.63, 3.8) is 0 Å². The summed E-state index contributed by atoms with van der Waals surface area (Å²) in [6.07, 6.45) is 0. The van der Waals surface area contributed by atoms with Crippen molar-refractivity contribution in [1.29, 1.82) is 0 Å². The molecule has 1 aromatic rings. The molecule has 17 heavy (non-hydrogen) atoms. The van der Waals surface area contributed by atoms with Gasteiger partial charge in [-0.1, -0.05) is 12.1 Å². The molecule has 4 nitrogen and oxygen atoms in total. The largest absolute Gasteiger partial charge is 0.478 e. The van der Waals surface area contributed by atoms with Crippen LogP contribution in [-0.2, 0) is 4.79 Å². The third-order valence-corrected chi connectivity index (χ3v) is 2.26. The Hall–Kier alpha value is -1.84. The van der Waals surface area contributed by atoms with Crippen molar-refractivity contribution in [3.05, 3.63) is 29.3 Å². The average Bonchev–Trinajstić information content (AvgIpc) is 2.15. The number of carboxylic acids is 1. The molecule has 0 amide bonds. The van der Waals surface area contributed by atoms with Crippen LogP contribution in [0.2, 0.25) is 0 Å². The van der Waals surface area contributed by atoms with Crippen molar-refractivity contribution in [3.8, 4) is 5.75 Å². The zero-order chi connectivity index (χ0) is 13.2. The van der Waals surface area contributed by atoms with Gasteiger partial charge in [0.15, 0.2) is 0 Å².